The lowest BCUT2D eigenvalue weighted by Gasteiger charge is -2.20. The smallest absolute Gasteiger partial charge is 0.323 e. The molecule has 1 saturated carbocycles. The molecule has 23 heavy (non-hydrogen) atoms. The average molecular weight is 319 g/mol. The first-order valence-electron chi connectivity index (χ1n) is 7.72. The van der Waals surface area contributed by atoms with E-state index in [1.165, 1.54) is 11.8 Å². The quantitative estimate of drug-likeness (QED) is 0.557. The fourth-order valence-corrected chi connectivity index (χ4v) is 2.30. The number of carbonyl (C=O) groups is 3. The van der Waals surface area contributed by atoms with Crippen molar-refractivity contribution in [3.05, 3.63) is 29.8 Å². The Labute approximate surface area is 135 Å². The molecule has 0 unspecified atom stereocenters. The van der Waals surface area contributed by atoms with Crippen LogP contribution in [-0.2, 0) is 9.59 Å². The van der Waals surface area contributed by atoms with Crippen molar-refractivity contribution in [3.8, 4) is 5.75 Å². The number of carboxylic acid groups (broad SMARTS) is 1. The molecule has 0 spiro atoms. The van der Waals surface area contributed by atoms with E-state index in [9.17, 15) is 14.4 Å². The lowest BCUT2D eigenvalue weighted by Crippen LogP contribution is -2.37. The summed E-state index contributed by atoms with van der Waals surface area (Å²) in [4.78, 5) is 35.5. The molecule has 1 amide bonds. The number of benzene rings is 1. The third-order valence-corrected chi connectivity index (χ3v) is 3.68. The molecule has 0 aliphatic heterocycles. The standard InChI is InChI=1S/C17H21NO5/c1-12(19)13-4-8-15(9-5-13)23-10-2-3-16(20)18(11-17(21)22)14-6-7-14/h4-5,8-9,14H,2-3,6-7,10-11H2,1H3,(H,21,22). The first-order chi connectivity index (χ1) is 11.0. The molecular formula is C17H21NO5. The van der Waals surface area contributed by atoms with Crippen LogP contribution in [0.3, 0.4) is 0 Å². The highest BCUT2D eigenvalue weighted by atomic mass is 16.5. The van der Waals surface area contributed by atoms with Crippen molar-refractivity contribution in [1.82, 2.24) is 4.90 Å². The van der Waals surface area contributed by atoms with Crippen LogP contribution in [0.1, 0.15) is 43.0 Å². The third kappa shape index (κ3) is 5.39. The summed E-state index contributed by atoms with van der Waals surface area (Å²) in [6.07, 6.45) is 2.57. The van der Waals surface area contributed by atoms with Crippen molar-refractivity contribution in [1.29, 1.82) is 0 Å². The van der Waals surface area contributed by atoms with Gasteiger partial charge in [-0.15, -0.1) is 0 Å². The second-order valence-electron chi connectivity index (χ2n) is 5.68. The number of aliphatic carboxylic acids is 1. The number of ketones is 1. The van der Waals surface area contributed by atoms with Crippen LogP contribution >= 0.6 is 0 Å². The van der Waals surface area contributed by atoms with Gasteiger partial charge < -0.3 is 14.7 Å². The monoisotopic (exact) mass is 319 g/mol. The van der Waals surface area contributed by atoms with Crippen LogP contribution in [0.4, 0.5) is 0 Å². The SMILES string of the molecule is CC(=O)c1ccc(OCCCC(=O)N(CC(=O)O)C2CC2)cc1. The summed E-state index contributed by atoms with van der Waals surface area (Å²) in [6.45, 7) is 1.65. The molecule has 1 N–H and O–H groups in total. The molecule has 2 rings (SSSR count). The number of ether oxygens (including phenoxy) is 1. The fourth-order valence-electron chi connectivity index (χ4n) is 2.30. The Hall–Kier alpha value is -2.37. The number of hydrogen-bond donors (Lipinski definition) is 1. The lowest BCUT2D eigenvalue weighted by molar-refractivity contribution is -0.145. The highest BCUT2D eigenvalue weighted by Gasteiger charge is 2.33. The Bertz CT molecular complexity index is 577. The van der Waals surface area contributed by atoms with E-state index in [2.05, 4.69) is 0 Å². The minimum absolute atomic E-state index is 0.000689. The molecule has 1 fully saturated rings. The van der Waals surface area contributed by atoms with Gasteiger partial charge in [-0.2, -0.15) is 0 Å². The van der Waals surface area contributed by atoms with Crippen molar-refractivity contribution in [2.45, 2.75) is 38.6 Å². The van der Waals surface area contributed by atoms with Crippen LogP contribution in [0.15, 0.2) is 24.3 Å². The van der Waals surface area contributed by atoms with Gasteiger partial charge in [-0.25, -0.2) is 0 Å². The highest BCUT2D eigenvalue weighted by Crippen LogP contribution is 2.27. The Balaban J connectivity index is 1.72. The summed E-state index contributed by atoms with van der Waals surface area (Å²) in [7, 11) is 0. The van der Waals surface area contributed by atoms with E-state index in [0.29, 0.717) is 24.3 Å². The Morgan fingerprint density at radius 2 is 1.87 bits per heavy atom. The molecule has 1 aromatic rings. The van der Waals surface area contributed by atoms with Crippen molar-refractivity contribution in [2.24, 2.45) is 0 Å². The van der Waals surface area contributed by atoms with Crippen LogP contribution in [-0.4, -0.2) is 46.9 Å². The van der Waals surface area contributed by atoms with Crippen LogP contribution < -0.4 is 4.74 Å². The van der Waals surface area contributed by atoms with E-state index in [0.717, 1.165) is 12.8 Å². The molecule has 1 aliphatic carbocycles. The van der Waals surface area contributed by atoms with Gasteiger partial charge >= 0.3 is 5.97 Å². The van der Waals surface area contributed by atoms with Crippen molar-refractivity contribution >= 4 is 17.7 Å². The Morgan fingerprint density at radius 3 is 2.39 bits per heavy atom. The van der Waals surface area contributed by atoms with Gasteiger partial charge in [0.15, 0.2) is 5.78 Å². The maximum Gasteiger partial charge on any atom is 0.323 e. The number of rotatable bonds is 9. The largest absolute Gasteiger partial charge is 0.494 e. The zero-order chi connectivity index (χ0) is 16.8. The van der Waals surface area contributed by atoms with E-state index in [1.54, 1.807) is 24.3 Å². The van der Waals surface area contributed by atoms with Crippen molar-refractivity contribution < 1.29 is 24.2 Å². The van der Waals surface area contributed by atoms with Gasteiger partial charge in [0.1, 0.15) is 12.3 Å². The van der Waals surface area contributed by atoms with Crippen molar-refractivity contribution in [2.75, 3.05) is 13.2 Å². The highest BCUT2D eigenvalue weighted by molar-refractivity contribution is 5.94. The molecule has 0 bridgehead atoms. The molecule has 124 valence electrons. The minimum atomic E-state index is -0.980. The number of Topliss-reactive ketones (excluding diaryl/α,β-unsaturated/α-hetero) is 1. The molecule has 6 nitrogen and oxygen atoms in total. The molecule has 0 radical (unpaired) electrons. The van der Waals surface area contributed by atoms with Gasteiger partial charge in [0.05, 0.1) is 6.61 Å². The molecular weight excluding hydrogens is 298 g/mol. The van der Waals surface area contributed by atoms with E-state index in [-0.39, 0.29) is 30.7 Å². The van der Waals surface area contributed by atoms with Gasteiger partial charge in [-0.1, -0.05) is 0 Å². The predicted molar refractivity (Wildman–Crippen MR) is 83.5 cm³/mol. The van der Waals surface area contributed by atoms with Crippen LogP contribution in [0.25, 0.3) is 0 Å². The number of amides is 1. The van der Waals surface area contributed by atoms with E-state index in [4.69, 9.17) is 9.84 Å². The number of nitrogens with zero attached hydrogens (tertiary/aromatic N) is 1. The van der Waals surface area contributed by atoms with Gasteiger partial charge in [-0.05, 0) is 50.5 Å². The van der Waals surface area contributed by atoms with E-state index < -0.39 is 5.97 Å². The van der Waals surface area contributed by atoms with Crippen LogP contribution in [0.5, 0.6) is 5.75 Å². The first-order valence-corrected chi connectivity index (χ1v) is 7.72. The number of hydrogen-bond acceptors (Lipinski definition) is 4. The average Bonchev–Trinajstić information content (AvgIpc) is 3.34. The fraction of sp³-hybridized carbons (Fsp3) is 0.471. The maximum atomic E-state index is 12.1. The molecule has 0 atom stereocenters. The second kappa shape index (κ2) is 7.76. The maximum absolute atomic E-state index is 12.1. The number of carboxylic acids is 1. The van der Waals surface area contributed by atoms with Gasteiger partial charge in [0.2, 0.25) is 5.91 Å². The van der Waals surface area contributed by atoms with Crippen molar-refractivity contribution in [3.63, 3.8) is 0 Å². The third-order valence-electron chi connectivity index (χ3n) is 3.68. The molecule has 0 aromatic heterocycles. The molecule has 0 heterocycles. The summed E-state index contributed by atoms with van der Waals surface area (Å²) in [5.74, 6) is -0.467. The zero-order valence-electron chi connectivity index (χ0n) is 13.2. The normalized spacial score (nSPS) is 13.4. The lowest BCUT2D eigenvalue weighted by atomic mass is 10.1. The minimum Gasteiger partial charge on any atom is -0.494 e. The van der Waals surface area contributed by atoms with E-state index in [1.807, 2.05) is 0 Å². The molecule has 6 heteroatoms. The molecule has 1 aromatic carbocycles. The summed E-state index contributed by atoms with van der Waals surface area (Å²) < 4.78 is 5.53. The molecule has 1 aliphatic rings. The number of carbonyl (C=O) groups excluding carboxylic acids is 2. The van der Waals surface area contributed by atoms with Crippen LogP contribution in [0, 0.1) is 0 Å². The Kier molecular flexibility index (Phi) is 5.73. The topological polar surface area (TPSA) is 83.9 Å². The first kappa shape index (κ1) is 17.0. The predicted octanol–water partition coefficient (Wildman–Crippen LogP) is 2.12. The summed E-state index contributed by atoms with van der Waals surface area (Å²) >= 11 is 0. The van der Waals surface area contributed by atoms with Gasteiger partial charge in [-0.3, -0.25) is 14.4 Å². The molecule has 0 saturated heterocycles. The second-order valence-corrected chi connectivity index (χ2v) is 5.68. The van der Waals surface area contributed by atoms with Crippen LogP contribution in [0.2, 0.25) is 0 Å². The Morgan fingerprint density at radius 1 is 1.22 bits per heavy atom. The zero-order valence-corrected chi connectivity index (χ0v) is 13.2. The summed E-state index contributed by atoms with van der Waals surface area (Å²) in [5, 5.41) is 8.85. The van der Waals surface area contributed by atoms with Gasteiger partial charge in [0.25, 0.3) is 0 Å². The summed E-state index contributed by atoms with van der Waals surface area (Å²) in [5.41, 5.74) is 0.626. The van der Waals surface area contributed by atoms with E-state index >= 15 is 0 Å². The van der Waals surface area contributed by atoms with Gasteiger partial charge in [0, 0.05) is 18.0 Å². The summed E-state index contributed by atoms with van der Waals surface area (Å²) in [6, 6.07) is 6.94.